The Bertz CT molecular complexity index is 400. The minimum atomic E-state index is -0.0412. The fourth-order valence-electron chi connectivity index (χ4n) is 2.04. The maximum absolute atomic E-state index is 10.2. The molecule has 1 unspecified atom stereocenters. The number of phenolic OH excluding ortho intramolecular Hbond substituents is 1. The molecular weight excluding hydrogens is 270 g/mol. The van der Waals surface area contributed by atoms with Crippen molar-refractivity contribution in [3.8, 4) is 5.75 Å². The third-order valence-corrected chi connectivity index (χ3v) is 3.81. The number of nitrogens with one attached hydrogen (secondary N) is 1. The molecule has 0 spiro atoms. The van der Waals surface area contributed by atoms with E-state index in [1.165, 1.54) is 0 Å². The van der Waals surface area contributed by atoms with E-state index < -0.39 is 0 Å². The molecule has 1 saturated heterocycles. The highest BCUT2D eigenvalue weighted by Crippen LogP contribution is 2.37. The molecule has 1 atom stereocenters. The Morgan fingerprint density at radius 3 is 2.88 bits per heavy atom. The lowest BCUT2D eigenvalue weighted by Gasteiger charge is -2.26. The molecule has 0 radical (unpaired) electrons. The average molecular weight is 286 g/mol. The van der Waals surface area contributed by atoms with Gasteiger partial charge < -0.3 is 15.2 Å². The van der Waals surface area contributed by atoms with Gasteiger partial charge in [0.25, 0.3) is 0 Å². The summed E-state index contributed by atoms with van der Waals surface area (Å²) in [6, 6.07) is 2.03. The molecule has 0 saturated carbocycles. The first-order valence-corrected chi connectivity index (χ1v) is 6.21. The minimum absolute atomic E-state index is 0.0412. The molecule has 1 heterocycles. The van der Waals surface area contributed by atoms with Gasteiger partial charge in [-0.25, -0.2) is 0 Å². The molecule has 1 aliphatic heterocycles. The molecule has 0 aromatic heterocycles. The van der Waals surface area contributed by atoms with Crippen molar-refractivity contribution in [2.45, 2.75) is 20.0 Å². The van der Waals surface area contributed by atoms with Crippen LogP contribution >= 0.6 is 15.9 Å². The Hall–Kier alpha value is -0.580. The monoisotopic (exact) mass is 285 g/mol. The van der Waals surface area contributed by atoms with E-state index in [1.807, 2.05) is 19.9 Å². The second-order valence-corrected chi connectivity index (χ2v) is 4.98. The van der Waals surface area contributed by atoms with Gasteiger partial charge in [-0.3, -0.25) is 0 Å². The molecule has 4 heteroatoms. The van der Waals surface area contributed by atoms with Crippen LogP contribution in [0.25, 0.3) is 0 Å². The van der Waals surface area contributed by atoms with Crippen LogP contribution in [0.15, 0.2) is 10.5 Å². The quantitative estimate of drug-likeness (QED) is 0.833. The third-order valence-electron chi connectivity index (χ3n) is 2.99. The van der Waals surface area contributed by atoms with Crippen molar-refractivity contribution in [2.24, 2.45) is 0 Å². The molecule has 0 amide bonds. The molecule has 1 fully saturated rings. The normalized spacial score (nSPS) is 21.1. The summed E-state index contributed by atoms with van der Waals surface area (Å²) in [5, 5.41) is 13.4. The van der Waals surface area contributed by atoms with Gasteiger partial charge in [0.1, 0.15) is 5.75 Å². The highest BCUT2D eigenvalue weighted by molar-refractivity contribution is 9.10. The van der Waals surface area contributed by atoms with Crippen LogP contribution in [0.5, 0.6) is 5.75 Å². The molecule has 0 bridgehead atoms. The standard InChI is InChI=1S/C12H16BrNO2/c1-7-5-9(13)8(2)12(15)11(7)10-6-14-3-4-16-10/h5,10,14-15H,3-4,6H2,1-2H3. The van der Waals surface area contributed by atoms with Crippen LogP contribution in [0, 0.1) is 13.8 Å². The topological polar surface area (TPSA) is 41.5 Å². The smallest absolute Gasteiger partial charge is 0.125 e. The maximum Gasteiger partial charge on any atom is 0.125 e. The Kier molecular flexibility index (Phi) is 3.52. The van der Waals surface area contributed by atoms with E-state index >= 15 is 0 Å². The molecule has 1 aromatic carbocycles. The van der Waals surface area contributed by atoms with Crippen molar-refractivity contribution in [1.29, 1.82) is 0 Å². The van der Waals surface area contributed by atoms with Gasteiger partial charge in [0, 0.05) is 28.7 Å². The summed E-state index contributed by atoms with van der Waals surface area (Å²) in [6.07, 6.45) is -0.0412. The molecule has 1 aliphatic rings. The fourth-order valence-corrected chi connectivity index (χ4v) is 2.57. The number of benzene rings is 1. The third kappa shape index (κ3) is 2.10. The van der Waals surface area contributed by atoms with E-state index in [4.69, 9.17) is 4.74 Å². The lowest BCUT2D eigenvalue weighted by Crippen LogP contribution is -2.33. The zero-order valence-corrected chi connectivity index (χ0v) is 11.1. The molecule has 16 heavy (non-hydrogen) atoms. The number of hydrogen-bond donors (Lipinski definition) is 2. The summed E-state index contributed by atoms with van der Waals surface area (Å²) in [7, 11) is 0. The van der Waals surface area contributed by atoms with Gasteiger partial charge in [-0.15, -0.1) is 0 Å². The molecule has 2 N–H and O–H groups in total. The Balaban J connectivity index is 2.42. The van der Waals surface area contributed by atoms with Crippen molar-refractivity contribution >= 4 is 15.9 Å². The second-order valence-electron chi connectivity index (χ2n) is 4.13. The largest absolute Gasteiger partial charge is 0.507 e. The highest BCUT2D eigenvalue weighted by atomic mass is 79.9. The summed E-state index contributed by atoms with van der Waals surface area (Å²) >= 11 is 3.44. The summed E-state index contributed by atoms with van der Waals surface area (Å²) in [4.78, 5) is 0. The van der Waals surface area contributed by atoms with E-state index in [0.717, 1.165) is 34.3 Å². The zero-order chi connectivity index (χ0) is 11.7. The Labute approximate surface area is 104 Å². The fraction of sp³-hybridized carbons (Fsp3) is 0.500. The Morgan fingerprint density at radius 1 is 1.50 bits per heavy atom. The SMILES string of the molecule is Cc1cc(Br)c(C)c(O)c1C1CNCCO1. The Morgan fingerprint density at radius 2 is 2.25 bits per heavy atom. The lowest BCUT2D eigenvalue weighted by atomic mass is 9.98. The summed E-state index contributed by atoms with van der Waals surface area (Å²) in [6.45, 7) is 6.23. The number of aromatic hydroxyl groups is 1. The van der Waals surface area contributed by atoms with Crippen LogP contribution in [0.2, 0.25) is 0 Å². The first-order chi connectivity index (χ1) is 7.61. The van der Waals surface area contributed by atoms with Gasteiger partial charge in [0.2, 0.25) is 0 Å². The van der Waals surface area contributed by atoms with Crippen LogP contribution < -0.4 is 5.32 Å². The number of rotatable bonds is 1. The van der Waals surface area contributed by atoms with E-state index in [-0.39, 0.29) is 6.10 Å². The highest BCUT2D eigenvalue weighted by Gasteiger charge is 2.22. The first kappa shape index (κ1) is 11.9. The number of morpholine rings is 1. The van der Waals surface area contributed by atoms with Gasteiger partial charge in [-0.05, 0) is 25.5 Å². The summed E-state index contributed by atoms with van der Waals surface area (Å²) in [5.74, 6) is 0.348. The predicted molar refractivity (Wildman–Crippen MR) is 66.8 cm³/mol. The molecule has 0 aliphatic carbocycles. The van der Waals surface area contributed by atoms with Crippen molar-refractivity contribution in [3.05, 3.63) is 27.2 Å². The van der Waals surface area contributed by atoms with Crippen LogP contribution in [0.3, 0.4) is 0 Å². The minimum Gasteiger partial charge on any atom is -0.507 e. The number of phenols is 1. The maximum atomic E-state index is 10.2. The summed E-state index contributed by atoms with van der Waals surface area (Å²) < 4.78 is 6.62. The summed E-state index contributed by atoms with van der Waals surface area (Å²) in [5.41, 5.74) is 2.84. The molecular formula is C12H16BrNO2. The number of aryl methyl sites for hydroxylation is 1. The van der Waals surface area contributed by atoms with E-state index in [2.05, 4.69) is 21.2 Å². The van der Waals surface area contributed by atoms with Gasteiger partial charge in [0.05, 0.1) is 12.7 Å². The molecule has 2 rings (SSSR count). The van der Waals surface area contributed by atoms with Crippen molar-refractivity contribution in [1.82, 2.24) is 5.32 Å². The lowest BCUT2D eigenvalue weighted by molar-refractivity contribution is 0.0258. The van der Waals surface area contributed by atoms with Gasteiger partial charge >= 0.3 is 0 Å². The van der Waals surface area contributed by atoms with Crippen molar-refractivity contribution in [3.63, 3.8) is 0 Å². The van der Waals surface area contributed by atoms with E-state index in [1.54, 1.807) is 0 Å². The van der Waals surface area contributed by atoms with Crippen LogP contribution in [-0.4, -0.2) is 24.8 Å². The van der Waals surface area contributed by atoms with Crippen LogP contribution in [-0.2, 0) is 4.74 Å². The van der Waals surface area contributed by atoms with Gasteiger partial charge in [-0.2, -0.15) is 0 Å². The number of ether oxygens (including phenoxy) is 1. The predicted octanol–water partition coefficient (Wildman–Crippen LogP) is 2.43. The zero-order valence-electron chi connectivity index (χ0n) is 9.51. The van der Waals surface area contributed by atoms with Crippen molar-refractivity contribution in [2.75, 3.05) is 19.7 Å². The second kappa shape index (κ2) is 4.73. The first-order valence-electron chi connectivity index (χ1n) is 5.42. The van der Waals surface area contributed by atoms with Gasteiger partial charge in [0.15, 0.2) is 0 Å². The number of hydrogen-bond acceptors (Lipinski definition) is 3. The van der Waals surface area contributed by atoms with E-state index in [9.17, 15) is 5.11 Å². The molecule has 3 nitrogen and oxygen atoms in total. The molecule has 88 valence electrons. The van der Waals surface area contributed by atoms with Crippen LogP contribution in [0.4, 0.5) is 0 Å². The van der Waals surface area contributed by atoms with Gasteiger partial charge in [-0.1, -0.05) is 15.9 Å². The van der Waals surface area contributed by atoms with Crippen LogP contribution in [0.1, 0.15) is 22.8 Å². The molecule has 1 aromatic rings. The van der Waals surface area contributed by atoms with Crippen molar-refractivity contribution < 1.29 is 9.84 Å². The number of halogens is 1. The van der Waals surface area contributed by atoms with E-state index in [0.29, 0.717) is 12.4 Å². The average Bonchev–Trinajstić information content (AvgIpc) is 2.28.